The summed E-state index contributed by atoms with van der Waals surface area (Å²) in [5.41, 5.74) is -0.0394. The third kappa shape index (κ3) is 2.52. The van der Waals surface area contributed by atoms with Gasteiger partial charge in [-0.3, -0.25) is 0 Å². The Balaban J connectivity index is 2.09. The van der Waals surface area contributed by atoms with E-state index in [9.17, 15) is 18.0 Å². The highest BCUT2D eigenvalue weighted by Crippen LogP contribution is 2.32. The van der Waals surface area contributed by atoms with Crippen LogP contribution in [0.5, 0.6) is 0 Å². The number of hydrogen-bond donors (Lipinski definition) is 1. The van der Waals surface area contributed by atoms with E-state index in [0.29, 0.717) is 5.58 Å². The summed E-state index contributed by atoms with van der Waals surface area (Å²) in [7, 11) is 0. The monoisotopic (exact) mass is 307 g/mol. The van der Waals surface area contributed by atoms with E-state index in [4.69, 9.17) is 9.52 Å². The van der Waals surface area contributed by atoms with Gasteiger partial charge < -0.3 is 9.52 Å². The lowest BCUT2D eigenvalue weighted by molar-refractivity contribution is -0.137. The van der Waals surface area contributed by atoms with Gasteiger partial charge in [0.1, 0.15) is 5.52 Å². The number of carboxylic acid groups (broad SMARTS) is 1. The first-order chi connectivity index (χ1) is 10.3. The van der Waals surface area contributed by atoms with Gasteiger partial charge in [-0.05, 0) is 36.4 Å². The van der Waals surface area contributed by atoms with E-state index in [1.807, 2.05) is 0 Å². The number of nitrogens with zero attached hydrogens (tertiary/aromatic N) is 1. The molecular weight excluding hydrogens is 299 g/mol. The van der Waals surface area contributed by atoms with Crippen LogP contribution in [0.2, 0.25) is 0 Å². The fourth-order valence-corrected chi connectivity index (χ4v) is 2.01. The predicted octanol–water partition coefficient (Wildman–Crippen LogP) is 4.21. The zero-order valence-electron chi connectivity index (χ0n) is 10.9. The minimum absolute atomic E-state index is 0.00337. The molecule has 0 atom stereocenters. The highest BCUT2D eigenvalue weighted by atomic mass is 19.4. The van der Waals surface area contributed by atoms with Crippen molar-refractivity contribution >= 4 is 17.1 Å². The van der Waals surface area contributed by atoms with E-state index in [2.05, 4.69) is 4.98 Å². The van der Waals surface area contributed by atoms with Crippen molar-refractivity contribution in [1.82, 2.24) is 4.98 Å². The van der Waals surface area contributed by atoms with Crippen LogP contribution in [0.3, 0.4) is 0 Å². The minimum atomic E-state index is -4.46. The Bertz CT molecular complexity index is 868. The quantitative estimate of drug-likeness (QED) is 0.770. The molecule has 112 valence electrons. The van der Waals surface area contributed by atoms with E-state index in [0.717, 1.165) is 12.1 Å². The van der Waals surface area contributed by atoms with Gasteiger partial charge in [0, 0.05) is 5.56 Å². The van der Waals surface area contributed by atoms with Crippen molar-refractivity contribution < 1.29 is 27.5 Å². The summed E-state index contributed by atoms with van der Waals surface area (Å²) in [6.07, 6.45) is -4.46. The Labute approximate surface area is 121 Å². The van der Waals surface area contributed by atoms with Gasteiger partial charge in [-0.1, -0.05) is 6.07 Å². The lowest BCUT2D eigenvalue weighted by Crippen LogP contribution is -2.04. The molecule has 0 bridgehead atoms. The fraction of sp³-hybridized carbons (Fsp3) is 0.0667. The lowest BCUT2D eigenvalue weighted by Gasteiger charge is -2.06. The van der Waals surface area contributed by atoms with Crippen molar-refractivity contribution in [3.63, 3.8) is 0 Å². The van der Waals surface area contributed by atoms with Crippen molar-refractivity contribution in [1.29, 1.82) is 0 Å². The summed E-state index contributed by atoms with van der Waals surface area (Å²) in [6.45, 7) is 0. The van der Waals surface area contributed by atoms with Crippen molar-refractivity contribution in [2.45, 2.75) is 6.18 Å². The second kappa shape index (κ2) is 4.87. The molecule has 0 radical (unpaired) electrons. The summed E-state index contributed by atoms with van der Waals surface area (Å²) in [5.74, 6) is -1.12. The number of alkyl halides is 3. The summed E-state index contributed by atoms with van der Waals surface area (Å²) in [5, 5.41) is 8.91. The molecule has 0 spiro atoms. The zero-order valence-corrected chi connectivity index (χ0v) is 10.9. The smallest absolute Gasteiger partial charge is 0.416 e. The Hall–Kier alpha value is -2.83. The van der Waals surface area contributed by atoms with E-state index in [1.165, 1.54) is 30.3 Å². The molecule has 0 aliphatic rings. The van der Waals surface area contributed by atoms with Gasteiger partial charge in [-0.2, -0.15) is 13.2 Å². The molecule has 4 nitrogen and oxygen atoms in total. The maximum Gasteiger partial charge on any atom is 0.416 e. The van der Waals surface area contributed by atoms with Crippen molar-refractivity contribution in [3.05, 3.63) is 53.6 Å². The second-order valence-corrected chi connectivity index (χ2v) is 4.59. The van der Waals surface area contributed by atoms with E-state index in [-0.39, 0.29) is 22.5 Å². The molecule has 3 aromatic rings. The Morgan fingerprint density at radius 1 is 1.14 bits per heavy atom. The van der Waals surface area contributed by atoms with Crippen molar-refractivity contribution in [3.8, 4) is 11.5 Å². The van der Waals surface area contributed by atoms with Gasteiger partial charge >= 0.3 is 12.1 Å². The third-order valence-corrected chi connectivity index (χ3v) is 3.07. The average Bonchev–Trinajstić information content (AvgIpc) is 2.89. The minimum Gasteiger partial charge on any atom is -0.478 e. The number of rotatable bonds is 2. The molecule has 1 heterocycles. The number of fused-ring (bicyclic) bond motifs is 1. The van der Waals surface area contributed by atoms with Crippen LogP contribution in [0, 0.1) is 0 Å². The third-order valence-electron chi connectivity index (χ3n) is 3.07. The maximum absolute atomic E-state index is 12.7. The highest BCUT2D eigenvalue weighted by Gasteiger charge is 2.30. The van der Waals surface area contributed by atoms with Gasteiger partial charge in [0.15, 0.2) is 5.58 Å². The Morgan fingerprint density at radius 3 is 2.59 bits per heavy atom. The number of aromatic carboxylic acids is 1. The molecule has 3 rings (SSSR count). The summed E-state index contributed by atoms with van der Waals surface area (Å²) < 4.78 is 43.5. The number of carbonyl (C=O) groups is 1. The molecule has 2 aromatic carbocycles. The van der Waals surface area contributed by atoms with Crippen LogP contribution in [0.15, 0.2) is 46.9 Å². The van der Waals surface area contributed by atoms with E-state index >= 15 is 0 Å². The number of hydrogen-bond acceptors (Lipinski definition) is 3. The molecular formula is C15H8F3NO3. The first-order valence-corrected chi connectivity index (χ1v) is 6.16. The van der Waals surface area contributed by atoms with Crippen LogP contribution in [0.25, 0.3) is 22.6 Å². The van der Waals surface area contributed by atoms with Crippen molar-refractivity contribution in [2.24, 2.45) is 0 Å². The molecule has 1 aromatic heterocycles. The van der Waals surface area contributed by atoms with Crippen LogP contribution in [0.1, 0.15) is 15.9 Å². The fourth-order valence-electron chi connectivity index (χ4n) is 2.01. The van der Waals surface area contributed by atoms with E-state index < -0.39 is 17.7 Å². The van der Waals surface area contributed by atoms with Gasteiger partial charge in [0.2, 0.25) is 5.89 Å². The molecule has 22 heavy (non-hydrogen) atoms. The van der Waals surface area contributed by atoms with Crippen LogP contribution >= 0.6 is 0 Å². The molecule has 0 aliphatic heterocycles. The molecule has 0 aliphatic carbocycles. The summed E-state index contributed by atoms with van der Waals surface area (Å²) in [6, 6.07) is 8.65. The van der Waals surface area contributed by atoms with Gasteiger partial charge in [-0.15, -0.1) is 0 Å². The van der Waals surface area contributed by atoms with E-state index in [1.54, 1.807) is 0 Å². The number of benzene rings is 2. The van der Waals surface area contributed by atoms with Crippen molar-refractivity contribution in [2.75, 3.05) is 0 Å². The van der Waals surface area contributed by atoms with Crippen LogP contribution < -0.4 is 0 Å². The molecule has 0 fully saturated rings. The highest BCUT2D eigenvalue weighted by molar-refractivity contribution is 5.92. The number of oxazole rings is 1. The first-order valence-electron chi connectivity index (χ1n) is 6.16. The van der Waals surface area contributed by atoms with Crippen LogP contribution in [-0.2, 0) is 6.18 Å². The normalized spacial score (nSPS) is 11.8. The molecule has 0 amide bonds. The average molecular weight is 307 g/mol. The van der Waals surface area contributed by atoms with Crippen LogP contribution in [0.4, 0.5) is 13.2 Å². The Kier molecular flexibility index (Phi) is 3.13. The molecule has 1 N–H and O–H groups in total. The van der Waals surface area contributed by atoms with Gasteiger partial charge in [0.25, 0.3) is 0 Å². The molecule has 0 saturated heterocycles. The van der Waals surface area contributed by atoms with Gasteiger partial charge in [0.05, 0.1) is 11.1 Å². The summed E-state index contributed by atoms with van der Waals surface area (Å²) >= 11 is 0. The maximum atomic E-state index is 12.7. The zero-order chi connectivity index (χ0) is 15.9. The predicted molar refractivity (Wildman–Crippen MR) is 71.4 cm³/mol. The largest absolute Gasteiger partial charge is 0.478 e. The SMILES string of the molecule is O=C(O)c1ccc2oc(-c3cccc(C(F)(F)F)c3)nc2c1. The van der Waals surface area contributed by atoms with Gasteiger partial charge in [-0.25, -0.2) is 9.78 Å². The summed E-state index contributed by atoms with van der Waals surface area (Å²) in [4.78, 5) is 14.9. The molecule has 7 heteroatoms. The number of carboxylic acids is 1. The molecule has 0 saturated carbocycles. The number of aromatic nitrogens is 1. The standard InChI is InChI=1S/C15H8F3NO3/c16-15(17,18)10-3-1-2-8(6-10)13-19-11-7-9(14(20)21)4-5-12(11)22-13/h1-7H,(H,20,21). The first kappa shape index (κ1) is 14.1. The lowest BCUT2D eigenvalue weighted by atomic mass is 10.1. The Morgan fingerprint density at radius 2 is 1.91 bits per heavy atom. The number of halogens is 3. The molecule has 0 unspecified atom stereocenters. The van der Waals surface area contributed by atoms with Crippen LogP contribution in [-0.4, -0.2) is 16.1 Å². The topological polar surface area (TPSA) is 63.3 Å². The second-order valence-electron chi connectivity index (χ2n) is 4.59.